The Morgan fingerprint density at radius 2 is 1.96 bits per heavy atom. The first kappa shape index (κ1) is 17.6. The number of carbonyl (C=O) groups excluding carboxylic acids is 1. The Morgan fingerprint density at radius 1 is 1.15 bits per heavy atom. The third-order valence-corrected chi connectivity index (χ3v) is 3.57. The predicted molar refractivity (Wildman–Crippen MR) is 91.1 cm³/mol. The number of cyclic esters (lactones) is 1. The number of ether oxygens (including phenoxy) is 3. The second kappa shape index (κ2) is 7.35. The van der Waals surface area contributed by atoms with Gasteiger partial charge in [0.15, 0.2) is 17.2 Å². The van der Waals surface area contributed by atoms with Crippen LogP contribution in [0.5, 0.6) is 11.5 Å². The van der Waals surface area contributed by atoms with Gasteiger partial charge in [0.1, 0.15) is 11.6 Å². The van der Waals surface area contributed by atoms with Gasteiger partial charge in [0.05, 0.1) is 19.3 Å². The van der Waals surface area contributed by atoms with Crippen LogP contribution in [0.1, 0.15) is 18.1 Å². The lowest BCUT2D eigenvalue weighted by atomic mass is 10.1. The molecule has 1 aliphatic rings. The van der Waals surface area contributed by atoms with Crippen molar-refractivity contribution in [2.24, 2.45) is 4.99 Å². The molecule has 3 rings (SSSR count). The Hall–Kier alpha value is -3.22. The number of halogens is 2. The van der Waals surface area contributed by atoms with E-state index in [0.29, 0.717) is 29.7 Å². The van der Waals surface area contributed by atoms with Crippen molar-refractivity contribution in [3.63, 3.8) is 0 Å². The van der Waals surface area contributed by atoms with E-state index in [-0.39, 0.29) is 17.2 Å². The average Bonchev–Trinajstić information content (AvgIpc) is 2.96. The Morgan fingerprint density at radius 3 is 2.65 bits per heavy atom. The SMILES string of the molecule is CCOc1ccc(/C=C2\N=C(c3ccc(F)cc3F)OC2=O)cc1OC. The molecule has 2 aromatic rings. The molecule has 0 saturated heterocycles. The van der Waals surface area contributed by atoms with Crippen LogP contribution in [0.4, 0.5) is 8.78 Å². The first-order valence-electron chi connectivity index (χ1n) is 7.80. The smallest absolute Gasteiger partial charge is 0.363 e. The molecule has 5 nitrogen and oxygen atoms in total. The Balaban J connectivity index is 1.93. The highest BCUT2D eigenvalue weighted by Gasteiger charge is 2.26. The lowest BCUT2D eigenvalue weighted by Gasteiger charge is -2.09. The molecule has 0 N–H and O–H groups in total. The van der Waals surface area contributed by atoms with Gasteiger partial charge in [-0.3, -0.25) is 0 Å². The van der Waals surface area contributed by atoms with E-state index in [9.17, 15) is 13.6 Å². The largest absolute Gasteiger partial charge is 0.493 e. The summed E-state index contributed by atoms with van der Waals surface area (Å²) in [7, 11) is 1.51. The summed E-state index contributed by atoms with van der Waals surface area (Å²) in [6, 6.07) is 8.04. The minimum absolute atomic E-state index is 0.00469. The van der Waals surface area contributed by atoms with Crippen LogP contribution in [0.2, 0.25) is 0 Å². The summed E-state index contributed by atoms with van der Waals surface area (Å²) in [6.45, 7) is 2.34. The van der Waals surface area contributed by atoms with Crippen molar-refractivity contribution in [2.45, 2.75) is 6.92 Å². The van der Waals surface area contributed by atoms with Crippen LogP contribution in [0.15, 0.2) is 47.1 Å². The van der Waals surface area contributed by atoms with E-state index in [1.807, 2.05) is 6.92 Å². The fraction of sp³-hybridized carbons (Fsp3) is 0.158. The lowest BCUT2D eigenvalue weighted by Crippen LogP contribution is -2.07. The molecule has 0 aromatic heterocycles. The highest BCUT2D eigenvalue weighted by atomic mass is 19.1. The topological polar surface area (TPSA) is 57.1 Å². The van der Waals surface area contributed by atoms with Crippen molar-refractivity contribution < 1.29 is 27.8 Å². The van der Waals surface area contributed by atoms with E-state index in [1.165, 1.54) is 19.3 Å². The number of esters is 1. The van der Waals surface area contributed by atoms with Crippen molar-refractivity contribution >= 4 is 17.9 Å². The van der Waals surface area contributed by atoms with Crippen molar-refractivity contribution in [1.29, 1.82) is 0 Å². The van der Waals surface area contributed by atoms with Gasteiger partial charge in [-0.1, -0.05) is 6.07 Å². The molecule has 0 aliphatic carbocycles. The normalized spacial score (nSPS) is 15.0. The maximum Gasteiger partial charge on any atom is 0.363 e. The molecule has 7 heteroatoms. The molecular formula is C19H15F2NO4. The summed E-state index contributed by atoms with van der Waals surface area (Å²) in [5.41, 5.74) is 0.532. The van der Waals surface area contributed by atoms with E-state index in [0.717, 1.165) is 6.07 Å². The molecule has 0 fully saturated rings. The van der Waals surface area contributed by atoms with E-state index in [1.54, 1.807) is 18.2 Å². The van der Waals surface area contributed by atoms with E-state index in [4.69, 9.17) is 14.2 Å². The van der Waals surface area contributed by atoms with E-state index >= 15 is 0 Å². The van der Waals surface area contributed by atoms with Crippen LogP contribution in [0.25, 0.3) is 6.08 Å². The first-order valence-corrected chi connectivity index (χ1v) is 7.80. The van der Waals surface area contributed by atoms with Gasteiger partial charge in [-0.25, -0.2) is 18.6 Å². The van der Waals surface area contributed by atoms with Gasteiger partial charge in [-0.2, -0.15) is 0 Å². The Labute approximate surface area is 148 Å². The Kier molecular flexibility index (Phi) is 4.97. The van der Waals surface area contributed by atoms with Gasteiger partial charge in [0, 0.05) is 6.07 Å². The lowest BCUT2D eigenvalue weighted by molar-refractivity contribution is -0.129. The quantitative estimate of drug-likeness (QED) is 0.603. The number of hydrogen-bond donors (Lipinski definition) is 0. The minimum Gasteiger partial charge on any atom is -0.493 e. The molecule has 0 spiro atoms. The van der Waals surface area contributed by atoms with Crippen LogP contribution in [-0.4, -0.2) is 25.6 Å². The van der Waals surface area contributed by atoms with E-state index in [2.05, 4.69) is 4.99 Å². The van der Waals surface area contributed by atoms with Crippen molar-refractivity contribution in [3.8, 4) is 11.5 Å². The van der Waals surface area contributed by atoms with Crippen molar-refractivity contribution in [3.05, 3.63) is 64.9 Å². The fourth-order valence-corrected chi connectivity index (χ4v) is 2.39. The number of carbonyl (C=O) groups is 1. The molecule has 2 aromatic carbocycles. The maximum atomic E-state index is 13.8. The van der Waals surface area contributed by atoms with Gasteiger partial charge in [-0.05, 0) is 42.8 Å². The zero-order chi connectivity index (χ0) is 18.7. The summed E-state index contributed by atoms with van der Waals surface area (Å²) in [4.78, 5) is 16.0. The molecule has 26 heavy (non-hydrogen) atoms. The van der Waals surface area contributed by atoms with Crippen LogP contribution in [-0.2, 0) is 9.53 Å². The van der Waals surface area contributed by atoms with Crippen molar-refractivity contribution in [1.82, 2.24) is 0 Å². The molecule has 0 bridgehead atoms. The summed E-state index contributed by atoms with van der Waals surface area (Å²) in [5.74, 6) is -1.45. The van der Waals surface area contributed by atoms with Gasteiger partial charge in [0.25, 0.3) is 0 Å². The molecular weight excluding hydrogens is 344 g/mol. The summed E-state index contributed by atoms with van der Waals surface area (Å²) < 4.78 is 42.5. The van der Waals surface area contributed by atoms with Gasteiger partial charge in [-0.15, -0.1) is 0 Å². The zero-order valence-electron chi connectivity index (χ0n) is 14.1. The number of methoxy groups -OCH3 is 1. The van der Waals surface area contributed by atoms with Crippen LogP contribution in [0.3, 0.4) is 0 Å². The van der Waals surface area contributed by atoms with Crippen molar-refractivity contribution in [2.75, 3.05) is 13.7 Å². The van der Waals surface area contributed by atoms with Gasteiger partial charge in [0.2, 0.25) is 5.90 Å². The fourth-order valence-electron chi connectivity index (χ4n) is 2.39. The summed E-state index contributed by atoms with van der Waals surface area (Å²) in [5, 5.41) is 0. The van der Waals surface area contributed by atoms with E-state index < -0.39 is 17.6 Å². The van der Waals surface area contributed by atoms with Gasteiger partial charge < -0.3 is 14.2 Å². The zero-order valence-corrected chi connectivity index (χ0v) is 14.1. The van der Waals surface area contributed by atoms with Gasteiger partial charge >= 0.3 is 5.97 Å². The van der Waals surface area contributed by atoms with Crippen LogP contribution in [0, 0.1) is 11.6 Å². The molecule has 1 heterocycles. The Bertz CT molecular complexity index is 922. The maximum absolute atomic E-state index is 13.8. The molecule has 0 atom stereocenters. The first-order chi connectivity index (χ1) is 12.5. The number of nitrogens with zero attached hydrogens (tertiary/aromatic N) is 1. The molecule has 1 aliphatic heterocycles. The highest BCUT2D eigenvalue weighted by molar-refractivity contribution is 6.12. The summed E-state index contributed by atoms with van der Waals surface area (Å²) >= 11 is 0. The molecule has 134 valence electrons. The number of rotatable bonds is 5. The second-order valence-electron chi connectivity index (χ2n) is 5.30. The number of aliphatic imine (C=N–C) groups is 1. The molecule has 0 saturated carbocycles. The molecule has 0 radical (unpaired) electrons. The van der Waals surface area contributed by atoms with Crippen LogP contribution < -0.4 is 9.47 Å². The molecule has 0 amide bonds. The standard InChI is InChI=1S/C19H15F2NO4/c1-3-25-16-7-4-11(9-17(16)24-2)8-15-19(23)26-18(22-15)13-6-5-12(20)10-14(13)21/h4-10H,3H2,1-2H3/b15-8-. The van der Waals surface area contributed by atoms with Crippen LogP contribution >= 0.6 is 0 Å². The predicted octanol–water partition coefficient (Wildman–Crippen LogP) is 3.72. The monoisotopic (exact) mass is 359 g/mol. The number of hydrogen-bond acceptors (Lipinski definition) is 5. The molecule has 0 unspecified atom stereocenters. The summed E-state index contributed by atoms with van der Waals surface area (Å²) in [6.07, 6.45) is 1.48. The third-order valence-electron chi connectivity index (χ3n) is 3.57. The highest BCUT2D eigenvalue weighted by Crippen LogP contribution is 2.30. The third kappa shape index (κ3) is 3.56. The minimum atomic E-state index is -0.861. The number of benzene rings is 2. The second-order valence-corrected chi connectivity index (χ2v) is 5.30. The average molecular weight is 359 g/mol.